The third kappa shape index (κ3) is 5.80. The molecule has 0 saturated heterocycles. The summed E-state index contributed by atoms with van der Waals surface area (Å²) in [6.45, 7) is 0. The molecule has 0 aliphatic heterocycles. The summed E-state index contributed by atoms with van der Waals surface area (Å²) < 4.78 is 4.66. The van der Waals surface area contributed by atoms with E-state index >= 15 is 0 Å². The molecule has 1 N–H and O–H groups in total. The summed E-state index contributed by atoms with van der Waals surface area (Å²) in [7, 11) is 1.35. The normalized spacial score (nSPS) is 14.9. The average Bonchev–Trinajstić information content (AvgIpc) is 2.96. The highest BCUT2D eigenvalue weighted by Gasteiger charge is 2.39. The number of fused-ring (bicyclic) bond motifs is 1. The van der Waals surface area contributed by atoms with Crippen molar-refractivity contribution in [1.82, 2.24) is 9.97 Å². The number of aromatic nitrogens is 2. The van der Waals surface area contributed by atoms with Crippen LogP contribution in [0.5, 0.6) is 0 Å². The van der Waals surface area contributed by atoms with Gasteiger partial charge >= 0.3 is 5.97 Å². The molecular weight excluding hydrogens is 474 g/mol. The van der Waals surface area contributed by atoms with Crippen molar-refractivity contribution in [3.63, 3.8) is 0 Å². The molecule has 6 heteroatoms. The minimum absolute atomic E-state index is 0.0588. The van der Waals surface area contributed by atoms with Gasteiger partial charge in [-0.15, -0.1) is 0 Å². The van der Waals surface area contributed by atoms with Crippen molar-refractivity contribution in [3.8, 4) is 11.1 Å². The number of ether oxygens (including phenoxy) is 1. The summed E-state index contributed by atoms with van der Waals surface area (Å²) in [6.07, 6.45) is 12.2. The first-order chi connectivity index (χ1) is 18.5. The number of amides is 1. The van der Waals surface area contributed by atoms with Crippen LogP contribution in [0, 0.1) is 5.41 Å². The van der Waals surface area contributed by atoms with Crippen molar-refractivity contribution in [2.24, 2.45) is 5.41 Å². The number of anilines is 1. The van der Waals surface area contributed by atoms with Gasteiger partial charge < -0.3 is 10.1 Å². The van der Waals surface area contributed by atoms with Crippen LogP contribution in [0.4, 0.5) is 5.69 Å². The average molecular weight is 506 g/mol. The molecule has 1 aliphatic carbocycles. The molecule has 1 amide bonds. The van der Waals surface area contributed by atoms with E-state index in [1.807, 2.05) is 30.3 Å². The number of nitrogens with zero attached hydrogens (tertiary/aromatic N) is 2. The van der Waals surface area contributed by atoms with Gasteiger partial charge in [0.1, 0.15) is 0 Å². The molecule has 4 aromatic rings. The quantitative estimate of drug-likeness (QED) is 0.226. The summed E-state index contributed by atoms with van der Waals surface area (Å²) in [4.78, 5) is 33.9. The van der Waals surface area contributed by atoms with Crippen LogP contribution in [0.15, 0.2) is 85.2 Å². The van der Waals surface area contributed by atoms with E-state index in [0.29, 0.717) is 6.42 Å². The van der Waals surface area contributed by atoms with Gasteiger partial charge in [-0.25, -0.2) is 4.79 Å². The van der Waals surface area contributed by atoms with Gasteiger partial charge in [-0.1, -0.05) is 61.7 Å². The fourth-order valence-corrected chi connectivity index (χ4v) is 5.28. The molecule has 1 aromatic heterocycles. The second kappa shape index (κ2) is 11.4. The molecule has 1 aliphatic rings. The van der Waals surface area contributed by atoms with Crippen LogP contribution < -0.4 is 5.32 Å². The van der Waals surface area contributed by atoms with Crippen LogP contribution in [0.2, 0.25) is 0 Å². The van der Waals surface area contributed by atoms with E-state index in [0.717, 1.165) is 71.1 Å². The Morgan fingerprint density at radius 3 is 2.39 bits per heavy atom. The summed E-state index contributed by atoms with van der Waals surface area (Å²) in [5, 5.41) is 3.17. The highest BCUT2D eigenvalue weighted by atomic mass is 16.5. The fraction of sp³-hybridized carbons (Fsp3) is 0.250. The van der Waals surface area contributed by atoms with Gasteiger partial charge in [-0.2, -0.15) is 0 Å². The summed E-state index contributed by atoms with van der Waals surface area (Å²) in [6, 6.07) is 22.1. The minimum atomic E-state index is -0.448. The molecule has 192 valence electrons. The van der Waals surface area contributed by atoms with Crippen molar-refractivity contribution in [2.45, 2.75) is 38.5 Å². The lowest BCUT2D eigenvalue weighted by Crippen LogP contribution is -2.40. The van der Waals surface area contributed by atoms with Gasteiger partial charge in [-0.05, 0) is 71.9 Å². The maximum absolute atomic E-state index is 13.7. The largest absolute Gasteiger partial charge is 0.466 e. The Morgan fingerprint density at radius 2 is 1.63 bits per heavy atom. The molecule has 1 saturated carbocycles. The van der Waals surface area contributed by atoms with E-state index in [1.54, 1.807) is 18.5 Å². The lowest BCUT2D eigenvalue weighted by atomic mass is 9.69. The zero-order valence-corrected chi connectivity index (χ0v) is 21.5. The van der Waals surface area contributed by atoms with Crippen molar-refractivity contribution < 1.29 is 14.3 Å². The summed E-state index contributed by atoms with van der Waals surface area (Å²) in [5.74, 6) is -0.357. The number of carbonyl (C=O) groups is 2. The second-order valence-electron chi connectivity index (χ2n) is 9.91. The highest BCUT2D eigenvalue weighted by molar-refractivity contribution is 5.96. The van der Waals surface area contributed by atoms with Crippen LogP contribution in [-0.2, 0) is 20.7 Å². The van der Waals surface area contributed by atoms with E-state index in [9.17, 15) is 9.59 Å². The van der Waals surface area contributed by atoms with Crippen molar-refractivity contribution in [2.75, 3.05) is 12.4 Å². The Bertz CT molecular complexity index is 1470. The lowest BCUT2D eigenvalue weighted by molar-refractivity contribution is -0.134. The molecule has 0 bridgehead atoms. The van der Waals surface area contributed by atoms with Crippen molar-refractivity contribution in [3.05, 3.63) is 96.3 Å². The van der Waals surface area contributed by atoms with E-state index < -0.39 is 11.4 Å². The zero-order valence-electron chi connectivity index (χ0n) is 21.5. The topological polar surface area (TPSA) is 81.2 Å². The molecule has 6 nitrogen and oxygen atoms in total. The molecule has 0 spiro atoms. The molecule has 0 radical (unpaired) electrons. The van der Waals surface area contributed by atoms with Gasteiger partial charge in [-0.3, -0.25) is 14.8 Å². The first-order valence-electron chi connectivity index (χ1n) is 13.0. The van der Waals surface area contributed by atoms with Crippen molar-refractivity contribution in [1.29, 1.82) is 0 Å². The molecule has 38 heavy (non-hydrogen) atoms. The van der Waals surface area contributed by atoms with Crippen molar-refractivity contribution >= 4 is 34.7 Å². The standard InChI is InChI=1S/C32H31N3O3/c1-38-30(36)15-10-23-6-5-7-27(20-23)35-31(37)32(16-3-2-4-17-32)22-24-8-11-25(12-9-24)26-13-14-28-29(21-26)34-19-18-33-28/h5-15,18-21H,2-4,16-17,22H2,1H3,(H,35,37)/b15-10+. The summed E-state index contributed by atoms with van der Waals surface area (Å²) >= 11 is 0. The number of methoxy groups -OCH3 is 1. The number of hydrogen-bond acceptors (Lipinski definition) is 5. The molecule has 0 unspecified atom stereocenters. The smallest absolute Gasteiger partial charge is 0.330 e. The highest BCUT2D eigenvalue weighted by Crippen LogP contribution is 2.41. The molecule has 0 atom stereocenters. The van der Waals surface area contributed by atoms with Crippen LogP contribution >= 0.6 is 0 Å². The number of benzene rings is 3. The van der Waals surface area contributed by atoms with Gasteiger partial charge in [0.25, 0.3) is 0 Å². The monoisotopic (exact) mass is 505 g/mol. The van der Waals surface area contributed by atoms with E-state index in [1.165, 1.54) is 13.2 Å². The Hall–Kier alpha value is -4.32. The van der Waals surface area contributed by atoms with E-state index in [-0.39, 0.29) is 5.91 Å². The van der Waals surface area contributed by atoms with Gasteiger partial charge in [0.15, 0.2) is 0 Å². The molecule has 5 rings (SSSR count). The Labute approximate surface area is 222 Å². The van der Waals surface area contributed by atoms with Crippen LogP contribution in [0.25, 0.3) is 28.2 Å². The predicted molar refractivity (Wildman–Crippen MR) is 150 cm³/mol. The van der Waals surface area contributed by atoms with Gasteiger partial charge in [0.05, 0.1) is 23.6 Å². The van der Waals surface area contributed by atoms with E-state index in [2.05, 4.69) is 56.4 Å². The second-order valence-corrected chi connectivity index (χ2v) is 9.91. The lowest BCUT2D eigenvalue weighted by Gasteiger charge is -2.36. The zero-order chi connectivity index (χ0) is 26.4. The molecular formula is C32H31N3O3. The maximum Gasteiger partial charge on any atom is 0.330 e. The fourth-order valence-electron chi connectivity index (χ4n) is 5.28. The third-order valence-electron chi connectivity index (χ3n) is 7.35. The molecule has 1 fully saturated rings. The van der Waals surface area contributed by atoms with Crippen LogP contribution in [-0.4, -0.2) is 29.0 Å². The van der Waals surface area contributed by atoms with Gasteiger partial charge in [0.2, 0.25) is 5.91 Å². The molecule has 3 aromatic carbocycles. The maximum atomic E-state index is 13.7. The summed E-state index contributed by atoms with van der Waals surface area (Å²) in [5.41, 5.74) is 6.20. The molecule has 1 heterocycles. The van der Waals surface area contributed by atoms with Gasteiger partial charge in [0, 0.05) is 24.2 Å². The van der Waals surface area contributed by atoms with E-state index in [4.69, 9.17) is 0 Å². The predicted octanol–water partition coefficient (Wildman–Crippen LogP) is 6.61. The number of esters is 1. The Kier molecular flexibility index (Phi) is 7.59. The SMILES string of the molecule is COC(=O)/C=C/c1cccc(NC(=O)C2(Cc3ccc(-c4ccc5nccnc5c4)cc3)CCCCC2)c1. The number of hydrogen-bond donors (Lipinski definition) is 1. The van der Waals surface area contributed by atoms with Crippen LogP contribution in [0.1, 0.15) is 43.2 Å². The number of nitrogens with one attached hydrogen (secondary N) is 1. The Balaban J connectivity index is 1.33. The first-order valence-corrected chi connectivity index (χ1v) is 13.0. The number of carbonyl (C=O) groups excluding carboxylic acids is 2. The minimum Gasteiger partial charge on any atom is -0.466 e. The number of rotatable bonds is 7. The Morgan fingerprint density at radius 1 is 0.895 bits per heavy atom. The third-order valence-corrected chi connectivity index (χ3v) is 7.35. The van der Waals surface area contributed by atoms with Crippen LogP contribution in [0.3, 0.4) is 0 Å². The first kappa shape index (κ1) is 25.3.